The van der Waals surface area contributed by atoms with Crippen LogP contribution in [-0.2, 0) is 19.3 Å². The highest BCUT2D eigenvalue weighted by molar-refractivity contribution is 7.19. The zero-order chi connectivity index (χ0) is 18.8. The summed E-state index contributed by atoms with van der Waals surface area (Å²) in [6, 6.07) is 9.98. The third-order valence-electron chi connectivity index (χ3n) is 5.13. The molecule has 5 nitrogen and oxygen atoms in total. The largest absolute Gasteiger partial charge is 0.369 e. The molecule has 0 radical (unpaired) electrons. The summed E-state index contributed by atoms with van der Waals surface area (Å²) >= 11 is 1.83. The minimum Gasteiger partial charge on any atom is -0.369 e. The Kier molecular flexibility index (Phi) is 4.71. The molecule has 28 heavy (non-hydrogen) atoms. The molecular weight excluding hydrogens is 366 g/mol. The van der Waals surface area contributed by atoms with Gasteiger partial charge in [-0.1, -0.05) is 6.07 Å². The number of anilines is 1. The molecule has 0 unspecified atom stereocenters. The van der Waals surface area contributed by atoms with E-state index in [2.05, 4.69) is 21.4 Å². The maximum absolute atomic E-state index is 4.91. The Balaban J connectivity index is 1.53. The van der Waals surface area contributed by atoms with Crippen LogP contribution in [0.4, 0.5) is 5.82 Å². The molecule has 1 N–H and O–H groups in total. The highest BCUT2D eigenvalue weighted by Crippen LogP contribution is 2.39. The third kappa shape index (κ3) is 3.36. The van der Waals surface area contributed by atoms with Crippen molar-refractivity contribution < 1.29 is 0 Å². The number of aryl methyl sites for hydroxylation is 2. The molecule has 0 amide bonds. The number of thiophene rings is 1. The van der Waals surface area contributed by atoms with E-state index in [0.29, 0.717) is 0 Å². The molecule has 0 aromatic carbocycles. The van der Waals surface area contributed by atoms with Crippen LogP contribution in [0.1, 0.15) is 29.0 Å². The molecule has 0 aliphatic heterocycles. The van der Waals surface area contributed by atoms with Crippen molar-refractivity contribution in [1.82, 2.24) is 19.9 Å². The van der Waals surface area contributed by atoms with Crippen molar-refractivity contribution >= 4 is 27.4 Å². The first-order valence-electron chi connectivity index (χ1n) is 9.75. The molecule has 6 heteroatoms. The number of nitrogens with zero attached hydrogens (tertiary/aromatic N) is 4. The van der Waals surface area contributed by atoms with Crippen LogP contribution >= 0.6 is 11.3 Å². The third-order valence-corrected chi connectivity index (χ3v) is 6.32. The average molecular weight is 388 g/mol. The zero-order valence-electron chi connectivity index (χ0n) is 15.6. The average Bonchev–Trinajstić information content (AvgIpc) is 3.14. The van der Waals surface area contributed by atoms with Crippen LogP contribution in [0.3, 0.4) is 0 Å². The van der Waals surface area contributed by atoms with Crippen LogP contribution in [-0.4, -0.2) is 26.5 Å². The monoisotopic (exact) mass is 387 g/mol. The minimum atomic E-state index is 0.736. The Bertz CT molecular complexity index is 1090. The van der Waals surface area contributed by atoms with Crippen molar-refractivity contribution in [3.05, 3.63) is 65.1 Å². The fraction of sp³-hybridized carbons (Fsp3) is 0.273. The zero-order valence-corrected chi connectivity index (χ0v) is 16.4. The number of aromatic nitrogens is 4. The van der Waals surface area contributed by atoms with Gasteiger partial charge in [0.1, 0.15) is 10.6 Å². The van der Waals surface area contributed by atoms with Crippen LogP contribution in [0.5, 0.6) is 0 Å². The molecule has 0 saturated carbocycles. The van der Waals surface area contributed by atoms with E-state index in [1.54, 1.807) is 6.20 Å². The lowest BCUT2D eigenvalue weighted by molar-refractivity contribution is 0.700. The molecule has 0 atom stereocenters. The van der Waals surface area contributed by atoms with Gasteiger partial charge in [-0.3, -0.25) is 9.97 Å². The number of hydrogen-bond acceptors (Lipinski definition) is 6. The van der Waals surface area contributed by atoms with Gasteiger partial charge < -0.3 is 5.32 Å². The number of rotatable bonds is 5. The Labute approximate surface area is 167 Å². The Morgan fingerprint density at radius 1 is 1.00 bits per heavy atom. The van der Waals surface area contributed by atoms with Crippen LogP contribution in [0, 0.1) is 0 Å². The summed E-state index contributed by atoms with van der Waals surface area (Å²) in [6.07, 6.45) is 11.1. The number of pyridine rings is 2. The van der Waals surface area contributed by atoms with Gasteiger partial charge in [0.25, 0.3) is 0 Å². The van der Waals surface area contributed by atoms with Crippen molar-refractivity contribution in [1.29, 1.82) is 0 Å². The molecule has 0 bridgehead atoms. The normalized spacial score (nSPS) is 13.4. The van der Waals surface area contributed by atoms with Crippen molar-refractivity contribution in [3.8, 4) is 11.4 Å². The van der Waals surface area contributed by atoms with E-state index in [0.717, 1.165) is 53.5 Å². The van der Waals surface area contributed by atoms with Crippen molar-refractivity contribution in [3.63, 3.8) is 0 Å². The second-order valence-corrected chi connectivity index (χ2v) is 8.11. The predicted octanol–water partition coefficient (Wildman–Crippen LogP) is 4.68. The smallest absolute Gasteiger partial charge is 0.164 e. The molecule has 1 aliphatic rings. The van der Waals surface area contributed by atoms with E-state index >= 15 is 0 Å². The van der Waals surface area contributed by atoms with Gasteiger partial charge in [-0.2, -0.15) is 0 Å². The number of nitrogens with one attached hydrogen (secondary N) is 1. The van der Waals surface area contributed by atoms with Gasteiger partial charge in [0.15, 0.2) is 5.82 Å². The number of fused-ring (bicyclic) bond motifs is 3. The fourth-order valence-corrected chi connectivity index (χ4v) is 5.03. The Morgan fingerprint density at radius 3 is 2.82 bits per heavy atom. The second kappa shape index (κ2) is 7.64. The molecule has 0 spiro atoms. The van der Waals surface area contributed by atoms with Crippen molar-refractivity contribution in [2.75, 3.05) is 11.9 Å². The molecule has 140 valence electrons. The van der Waals surface area contributed by atoms with Crippen LogP contribution in [0.15, 0.2) is 48.9 Å². The second-order valence-electron chi connectivity index (χ2n) is 7.03. The molecule has 4 aromatic heterocycles. The van der Waals surface area contributed by atoms with Crippen LogP contribution in [0.2, 0.25) is 0 Å². The highest BCUT2D eigenvalue weighted by Gasteiger charge is 2.21. The van der Waals surface area contributed by atoms with E-state index in [1.807, 2.05) is 48.0 Å². The first-order chi connectivity index (χ1) is 13.9. The van der Waals surface area contributed by atoms with Gasteiger partial charge in [0, 0.05) is 47.7 Å². The molecule has 0 saturated heterocycles. The first-order valence-corrected chi connectivity index (χ1v) is 10.6. The van der Waals surface area contributed by atoms with Gasteiger partial charge in [0.05, 0.1) is 5.39 Å². The van der Waals surface area contributed by atoms with E-state index in [9.17, 15) is 0 Å². The van der Waals surface area contributed by atoms with Gasteiger partial charge >= 0.3 is 0 Å². The molecule has 1 aliphatic carbocycles. The van der Waals surface area contributed by atoms with Gasteiger partial charge in [-0.05, 0) is 55.5 Å². The van der Waals surface area contributed by atoms with Crippen molar-refractivity contribution in [2.45, 2.75) is 32.1 Å². The maximum atomic E-state index is 4.91. The SMILES string of the molecule is c1ccc(CCNc2nc(-c3cccnc3)nc3sc4c(c23)CCCC4)nc1. The van der Waals surface area contributed by atoms with E-state index < -0.39 is 0 Å². The van der Waals surface area contributed by atoms with Crippen LogP contribution < -0.4 is 5.32 Å². The van der Waals surface area contributed by atoms with Gasteiger partial charge in [-0.25, -0.2) is 9.97 Å². The topological polar surface area (TPSA) is 63.6 Å². The summed E-state index contributed by atoms with van der Waals surface area (Å²) < 4.78 is 0. The van der Waals surface area contributed by atoms with E-state index in [1.165, 1.54) is 28.7 Å². The Hall–Kier alpha value is -2.86. The summed E-state index contributed by atoms with van der Waals surface area (Å²) in [5.41, 5.74) is 3.48. The summed E-state index contributed by atoms with van der Waals surface area (Å²) in [6.45, 7) is 0.792. The molecule has 5 rings (SSSR count). The van der Waals surface area contributed by atoms with E-state index in [-0.39, 0.29) is 0 Å². The fourth-order valence-electron chi connectivity index (χ4n) is 3.76. The van der Waals surface area contributed by atoms with Crippen molar-refractivity contribution in [2.24, 2.45) is 0 Å². The molecule has 4 aromatic rings. The van der Waals surface area contributed by atoms with Gasteiger partial charge in [0.2, 0.25) is 0 Å². The first kappa shape index (κ1) is 17.3. The molecular formula is C22H21N5S. The maximum Gasteiger partial charge on any atom is 0.164 e. The summed E-state index contributed by atoms with van der Waals surface area (Å²) in [4.78, 5) is 21.0. The standard InChI is InChI=1S/C22H21N5S/c1-2-9-18-17(8-1)19-21(25-13-10-16-7-3-4-12-24-16)26-20(27-22(19)28-18)15-6-5-11-23-14-15/h3-7,11-12,14H,1-2,8-10,13H2,(H,25,26,27). The molecule has 4 heterocycles. The number of hydrogen-bond donors (Lipinski definition) is 1. The lowest BCUT2D eigenvalue weighted by Gasteiger charge is -2.13. The van der Waals surface area contributed by atoms with Gasteiger partial charge in [-0.15, -0.1) is 11.3 Å². The quantitative estimate of drug-likeness (QED) is 0.539. The molecule has 0 fully saturated rings. The summed E-state index contributed by atoms with van der Waals surface area (Å²) in [5.74, 6) is 1.68. The lowest BCUT2D eigenvalue weighted by atomic mass is 9.97. The summed E-state index contributed by atoms with van der Waals surface area (Å²) in [7, 11) is 0. The highest BCUT2D eigenvalue weighted by atomic mass is 32.1. The summed E-state index contributed by atoms with van der Waals surface area (Å²) in [5, 5.41) is 4.79. The van der Waals surface area contributed by atoms with Crippen LogP contribution in [0.25, 0.3) is 21.6 Å². The lowest BCUT2D eigenvalue weighted by Crippen LogP contribution is -2.09. The van der Waals surface area contributed by atoms with E-state index in [4.69, 9.17) is 9.97 Å². The predicted molar refractivity (Wildman–Crippen MR) is 114 cm³/mol. The Morgan fingerprint density at radius 2 is 1.96 bits per heavy atom. The minimum absolute atomic E-state index is 0.736.